The van der Waals surface area contributed by atoms with Crippen LogP contribution in [0, 0.1) is 12.8 Å². The largest absolute Gasteiger partial charge is 0.440 e. The van der Waals surface area contributed by atoms with Gasteiger partial charge in [0.2, 0.25) is 11.8 Å². The van der Waals surface area contributed by atoms with Crippen LogP contribution in [-0.4, -0.2) is 34.9 Å². The molecule has 0 aromatic carbocycles. The van der Waals surface area contributed by atoms with Gasteiger partial charge < -0.3 is 9.73 Å². The third-order valence-corrected chi connectivity index (χ3v) is 6.18. The first-order valence-corrected chi connectivity index (χ1v) is 10.6. The van der Waals surface area contributed by atoms with Crippen molar-refractivity contribution in [1.29, 1.82) is 0 Å². The molecule has 1 aliphatic heterocycles. The summed E-state index contributed by atoms with van der Waals surface area (Å²) in [5.41, 5.74) is 1.04. The van der Waals surface area contributed by atoms with Crippen LogP contribution >= 0.6 is 11.3 Å². The van der Waals surface area contributed by atoms with Crippen LogP contribution in [0.1, 0.15) is 50.0 Å². The smallest absolute Gasteiger partial charge is 0.236 e. The van der Waals surface area contributed by atoms with Gasteiger partial charge in [-0.2, -0.15) is 0 Å². The molecule has 3 heterocycles. The molecule has 4 rings (SSSR count). The normalized spacial score (nSPS) is 21.0. The van der Waals surface area contributed by atoms with E-state index in [2.05, 4.69) is 10.2 Å². The Morgan fingerprint density at radius 1 is 1.42 bits per heavy atom. The molecule has 1 saturated heterocycles. The van der Waals surface area contributed by atoms with E-state index in [9.17, 15) is 4.79 Å². The number of oxazole rings is 1. The Bertz CT molecular complexity index is 736. The molecule has 1 atom stereocenters. The lowest BCUT2D eigenvalue weighted by molar-refractivity contribution is -0.121. The minimum Gasteiger partial charge on any atom is -0.440 e. The lowest BCUT2D eigenvalue weighted by Crippen LogP contribution is -2.36. The Kier molecular flexibility index (Phi) is 5.41. The number of likely N-dealkylation sites (tertiary alicyclic amines) is 1. The molecule has 1 N–H and O–H groups in total. The molecule has 1 aliphatic carbocycles. The highest BCUT2D eigenvalue weighted by molar-refractivity contribution is 7.13. The van der Waals surface area contributed by atoms with E-state index in [1.165, 1.54) is 12.8 Å². The average Bonchev–Trinajstić information content (AvgIpc) is 3.13. The van der Waals surface area contributed by atoms with Gasteiger partial charge in [-0.15, -0.1) is 11.3 Å². The van der Waals surface area contributed by atoms with Gasteiger partial charge in [0, 0.05) is 25.6 Å². The maximum absolute atomic E-state index is 11.9. The highest BCUT2D eigenvalue weighted by Gasteiger charge is 2.25. The van der Waals surface area contributed by atoms with E-state index in [1.807, 2.05) is 24.4 Å². The van der Waals surface area contributed by atoms with Gasteiger partial charge in [-0.25, -0.2) is 4.98 Å². The van der Waals surface area contributed by atoms with Gasteiger partial charge in [0.15, 0.2) is 0 Å². The molecule has 26 heavy (non-hydrogen) atoms. The molecule has 1 amide bonds. The molecular weight excluding hydrogens is 346 g/mol. The van der Waals surface area contributed by atoms with Gasteiger partial charge in [0.05, 0.1) is 10.6 Å². The minimum absolute atomic E-state index is 0.234. The van der Waals surface area contributed by atoms with Crippen LogP contribution in [0.3, 0.4) is 0 Å². The number of nitrogens with one attached hydrogen (secondary N) is 1. The summed E-state index contributed by atoms with van der Waals surface area (Å²) in [5, 5.41) is 5.14. The molecule has 2 aliphatic rings. The van der Waals surface area contributed by atoms with Gasteiger partial charge in [-0.1, -0.05) is 6.07 Å². The fraction of sp³-hybridized carbons (Fsp3) is 0.600. The maximum atomic E-state index is 11.9. The Morgan fingerprint density at radius 2 is 2.31 bits per heavy atom. The van der Waals surface area contributed by atoms with Crippen LogP contribution in [0.25, 0.3) is 10.8 Å². The Labute approximate surface area is 158 Å². The van der Waals surface area contributed by atoms with Crippen molar-refractivity contribution in [3.63, 3.8) is 0 Å². The summed E-state index contributed by atoms with van der Waals surface area (Å²) in [6.45, 7) is 5.00. The topological polar surface area (TPSA) is 58.4 Å². The molecule has 1 saturated carbocycles. The Morgan fingerprint density at radius 3 is 3.08 bits per heavy atom. The summed E-state index contributed by atoms with van der Waals surface area (Å²) in [5.74, 6) is 2.49. The van der Waals surface area contributed by atoms with Gasteiger partial charge in [-0.05, 0) is 62.9 Å². The zero-order chi connectivity index (χ0) is 17.9. The monoisotopic (exact) mass is 373 g/mol. The predicted molar refractivity (Wildman–Crippen MR) is 103 cm³/mol. The lowest BCUT2D eigenvalue weighted by Gasteiger charge is -2.32. The first-order valence-electron chi connectivity index (χ1n) is 9.69. The molecule has 1 unspecified atom stereocenters. The number of carbonyl (C=O) groups excluding carboxylic acids is 1. The third kappa shape index (κ3) is 4.54. The molecule has 5 nitrogen and oxygen atoms in total. The zero-order valence-electron chi connectivity index (χ0n) is 15.4. The van der Waals surface area contributed by atoms with Gasteiger partial charge >= 0.3 is 0 Å². The highest BCUT2D eigenvalue weighted by Crippen LogP contribution is 2.28. The molecule has 2 aromatic heterocycles. The summed E-state index contributed by atoms with van der Waals surface area (Å²) in [4.78, 5) is 20.2. The van der Waals surface area contributed by atoms with Crippen molar-refractivity contribution in [2.24, 2.45) is 5.92 Å². The van der Waals surface area contributed by atoms with Crippen molar-refractivity contribution in [2.75, 3.05) is 13.1 Å². The summed E-state index contributed by atoms with van der Waals surface area (Å²) >= 11 is 1.65. The SMILES string of the molecule is Cc1oc(-c2cccs2)nc1CN1CCCC(CCC(=O)NC2CC2)C1. The number of hydrogen-bond donors (Lipinski definition) is 1. The number of carbonyl (C=O) groups is 1. The van der Waals surface area contributed by atoms with E-state index in [1.54, 1.807) is 11.3 Å². The molecule has 140 valence electrons. The van der Waals surface area contributed by atoms with E-state index < -0.39 is 0 Å². The fourth-order valence-electron chi connectivity index (χ4n) is 3.69. The molecule has 0 radical (unpaired) electrons. The van der Waals surface area contributed by atoms with Crippen molar-refractivity contribution in [3.8, 4) is 10.8 Å². The zero-order valence-corrected chi connectivity index (χ0v) is 16.2. The van der Waals surface area contributed by atoms with Gasteiger partial charge in [-0.3, -0.25) is 9.69 Å². The van der Waals surface area contributed by atoms with Crippen LogP contribution in [0.5, 0.6) is 0 Å². The van der Waals surface area contributed by atoms with E-state index >= 15 is 0 Å². The van der Waals surface area contributed by atoms with Crippen LogP contribution in [-0.2, 0) is 11.3 Å². The number of thiophene rings is 1. The third-order valence-electron chi connectivity index (χ3n) is 5.32. The average molecular weight is 374 g/mol. The summed E-state index contributed by atoms with van der Waals surface area (Å²) in [7, 11) is 0. The summed E-state index contributed by atoms with van der Waals surface area (Å²) in [6, 6.07) is 4.54. The highest BCUT2D eigenvalue weighted by atomic mass is 32.1. The second-order valence-electron chi connectivity index (χ2n) is 7.62. The number of aromatic nitrogens is 1. The molecular formula is C20H27N3O2S. The fourth-order valence-corrected chi connectivity index (χ4v) is 4.33. The first kappa shape index (κ1) is 17.7. The molecule has 2 aromatic rings. The van der Waals surface area contributed by atoms with Crippen LogP contribution in [0.2, 0.25) is 0 Å². The van der Waals surface area contributed by atoms with E-state index in [0.717, 1.165) is 61.1 Å². The van der Waals surface area contributed by atoms with Crippen LogP contribution in [0.4, 0.5) is 0 Å². The van der Waals surface area contributed by atoms with Crippen LogP contribution < -0.4 is 5.32 Å². The van der Waals surface area contributed by atoms with Crippen molar-refractivity contribution in [2.45, 2.75) is 58.0 Å². The number of nitrogens with zero attached hydrogens (tertiary/aromatic N) is 2. The van der Waals surface area contributed by atoms with E-state index in [-0.39, 0.29) is 5.91 Å². The summed E-state index contributed by atoms with van der Waals surface area (Å²) in [6.07, 6.45) is 6.41. The van der Waals surface area contributed by atoms with E-state index in [4.69, 9.17) is 9.40 Å². The lowest BCUT2D eigenvalue weighted by atomic mass is 9.93. The van der Waals surface area contributed by atoms with Crippen molar-refractivity contribution in [3.05, 3.63) is 29.0 Å². The van der Waals surface area contributed by atoms with Gasteiger partial charge in [0.25, 0.3) is 0 Å². The Balaban J connectivity index is 1.30. The second-order valence-corrected chi connectivity index (χ2v) is 8.57. The predicted octanol–water partition coefficient (Wildman–Crippen LogP) is 3.98. The van der Waals surface area contributed by atoms with Crippen molar-refractivity contribution in [1.82, 2.24) is 15.2 Å². The van der Waals surface area contributed by atoms with Gasteiger partial charge in [0.1, 0.15) is 5.76 Å². The summed E-state index contributed by atoms with van der Waals surface area (Å²) < 4.78 is 5.87. The number of amides is 1. The van der Waals surface area contributed by atoms with Crippen LogP contribution in [0.15, 0.2) is 21.9 Å². The number of hydrogen-bond acceptors (Lipinski definition) is 5. The molecule has 0 bridgehead atoms. The van der Waals surface area contributed by atoms with Crippen molar-refractivity contribution < 1.29 is 9.21 Å². The first-order chi connectivity index (χ1) is 12.7. The molecule has 0 spiro atoms. The molecule has 6 heteroatoms. The number of rotatable bonds is 7. The van der Waals surface area contributed by atoms with E-state index in [0.29, 0.717) is 18.4 Å². The Hall–Kier alpha value is -1.66. The standard InChI is InChI=1S/C20H27N3O2S/c1-14-17(22-20(25-14)18-5-3-11-26-18)13-23-10-2-4-15(12-23)6-9-19(24)21-16-7-8-16/h3,5,11,15-16H,2,4,6-10,12-13H2,1H3,(H,21,24). The minimum atomic E-state index is 0.234. The second kappa shape index (κ2) is 7.92. The molecule has 2 fully saturated rings. The van der Waals surface area contributed by atoms with Crippen molar-refractivity contribution >= 4 is 17.2 Å². The quantitative estimate of drug-likeness (QED) is 0.797. The number of aryl methyl sites for hydroxylation is 1. The maximum Gasteiger partial charge on any atom is 0.236 e. The number of piperidine rings is 1.